The van der Waals surface area contributed by atoms with Gasteiger partial charge in [0.25, 0.3) is 5.91 Å². The molecule has 0 aliphatic heterocycles. The lowest BCUT2D eigenvalue weighted by atomic mass is 10.1. The summed E-state index contributed by atoms with van der Waals surface area (Å²) in [5, 5.41) is 5.73. The molecule has 0 radical (unpaired) electrons. The summed E-state index contributed by atoms with van der Waals surface area (Å²) >= 11 is 5.16. The Kier molecular flexibility index (Phi) is 6.60. The van der Waals surface area contributed by atoms with Crippen LogP contribution in [0, 0.1) is 0 Å². The van der Waals surface area contributed by atoms with Crippen LogP contribution >= 0.6 is 12.2 Å². The number of carbonyl (C=O) groups is 1. The van der Waals surface area contributed by atoms with Crippen LogP contribution in [-0.4, -0.2) is 17.6 Å². The summed E-state index contributed by atoms with van der Waals surface area (Å²) in [6.07, 6.45) is 3.34. The number of amides is 1. The van der Waals surface area contributed by atoms with Gasteiger partial charge in [0.15, 0.2) is 10.9 Å². The lowest BCUT2D eigenvalue weighted by Gasteiger charge is -2.11. The van der Waals surface area contributed by atoms with Crippen molar-refractivity contribution >= 4 is 28.9 Å². The van der Waals surface area contributed by atoms with Gasteiger partial charge in [-0.15, -0.1) is 0 Å². The van der Waals surface area contributed by atoms with Gasteiger partial charge >= 0.3 is 0 Å². The molecule has 0 spiro atoms. The van der Waals surface area contributed by atoms with Crippen molar-refractivity contribution in [1.29, 1.82) is 0 Å². The second-order valence-electron chi connectivity index (χ2n) is 5.85. The van der Waals surface area contributed by atoms with E-state index in [9.17, 15) is 4.79 Å². The average Bonchev–Trinajstić information content (AvgIpc) is 3.21. The number of thiocarbonyl (C=S) groups is 1. The molecule has 0 fully saturated rings. The predicted octanol–water partition coefficient (Wildman–Crippen LogP) is 4.42. The van der Waals surface area contributed by atoms with Gasteiger partial charge in [-0.2, -0.15) is 0 Å². The minimum atomic E-state index is -0.397. The molecule has 138 valence electrons. The third-order valence-corrected chi connectivity index (χ3v) is 3.99. The third-order valence-electron chi connectivity index (χ3n) is 3.79. The maximum absolute atomic E-state index is 11.9. The van der Waals surface area contributed by atoms with Crippen LogP contribution in [0.4, 0.5) is 5.69 Å². The number of rotatable bonds is 7. The number of furan rings is 1. The second-order valence-corrected chi connectivity index (χ2v) is 6.26. The number of aryl methyl sites for hydroxylation is 1. The van der Waals surface area contributed by atoms with Crippen molar-refractivity contribution < 1.29 is 13.9 Å². The summed E-state index contributed by atoms with van der Waals surface area (Å²) in [5.41, 5.74) is 2.04. The van der Waals surface area contributed by atoms with Gasteiger partial charge in [0, 0.05) is 11.8 Å². The van der Waals surface area contributed by atoms with Crippen molar-refractivity contribution in [2.75, 3.05) is 11.9 Å². The summed E-state index contributed by atoms with van der Waals surface area (Å²) in [6.45, 7) is 0.623. The molecule has 1 amide bonds. The van der Waals surface area contributed by atoms with Crippen molar-refractivity contribution in [1.82, 2.24) is 5.32 Å². The Balaban J connectivity index is 1.45. The Morgan fingerprint density at radius 1 is 1.04 bits per heavy atom. The summed E-state index contributed by atoms with van der Waals surface area (Å²) in [5.74, 6) is 0.550. The fraction of sp³-hybridized carbons (Fsp3) is 0.143. The molecule has 1 aromatic heterocycles. The first-order valence-corrected chi connectivity index (χ1v) is 9.04. The minimum Gasteiger partial charge on any atom is -0.494 e. The first-order chi connectivity index (χ1) is 13.2. The van der Waals surface area contributed by atoms with Crippen LogP contribution in [0.15, 0.2) is 77.4 Å². The van der Waals surface area contributed by atoms with Crippen molar-refractivity contribution in [3.63, 3.8) is 0 Å². The molecule has 3 rings (SSSR count). The summed E-state index contributed by atoms with van der Waals surface area (Å²) < 4.78 is 10.8. The van der Waals surface area contributed by atoms with Gasteiger partial charge < -0.3 is 14.5 Å². The van der Waals surface area contributed by atoms with Crippen LogP contribution in [0.2, 0.25) is 0 Å². The smallest absolute Gasteiger partial charge is 0.293 e. The number of ether oxygens (including phenoxy) is 1. The van der Waals surface area contributed by atoms with Crippen LogP contribution in [0.5, 0.6) is 5.75 Å². The van der Waals surface area contributed by atoms with Gasteiger partial charge in [-0.05, 0) is 54.9 Å². The largest absolute Gasteiger partial charge is 0.494 e. The molecule has 0 unspecified atom stereocenters. The van der Waals surface area contributed by atoms with Crippen LogP contribution in [0.3, 0.4) is 0 Å². The highest BCUT2D eigenvalue weighted by Gasteiger charge is 2.10. The summed E-state index contributed by atoms with van der Waals surface area (Å²) in [6, 6.07) is 21.0. The van der Waals surface area contributed by atoms with Crippen molar-refractivity contribution in [2.24, 2.45) is 0 Å². The molecular formula is C21H20N2O3S. The molecular weight excluding hydrogens is 360 g/mol. The topological polar surface area (TPSA) is 63.5 Å². The van der Waals surface area contributed by atoms with E-state index < -0.39 is 5.91 Å². The van der Waals surface area contributed by atoms with E-state index in [0.717, 1.165) is 24.3 Å². The molecule has 2 aromatic carbocycles. The first-order valence-electron chi connectivity index (χ1n) is 8.63. The lowest BCUT2D eigenvalue weighted by molar-refractivity contribution is 0.0950. The SMILES string of the molecule is O=C(NC(=S)Nc1cccc(OCCCc2ccccc2)c1)c1ccco1. The van der Waals surface area contributed by atoms with E-state index in [1.807, 2.05) is 42.5 Å². The van der Waals surface area contributed by atoms with Crippen LogP contribution < -0.4 is 15.4 Å². The molecule has 2 N–H and O–H groups in total. The number of hydrogen-bond acceptors (Lipinski definition) is 4. The van der Waals surface area contributed by atoms with Gasteiger partial charge in [-0.1, -0.05) is 36.4 Å². The molecule has 0 saturated heterocycles. The molecule has 6 heteroatoms. The molecule has 1 heterocycles. The number of benzene rings is 2. The van der Waals surface area contributed by atoms with E-state index in [-0.39, 0.29) is 10.9 Å². The Morgan fingerprint density at radius 3 is 2.67 bits per heavy atom. The van der Waals surface area contributed by atoms with E-state index in [4.69, 9.17) is 21.4 Å². The van der Waals surface area contributed by atoms with Gasteiger partial charge in [0.05, 0.1) is 12.9 Å². The van der Waals surface area contributed by atoms with Gasteiger partial charge in [0.1, 0.15) is 5.75 Å². The summed E-state index contributed by atoms with van der Waals surface area (Å²) in [7, 11) is 0. The van der Waals surface area contributed by atoms with Crippen molar-refractivity contribution in [3.05, 3.63) is 84.3 Å². The van der Waals surface area contributed by atoms with Crippen LogP contribution in [0.25, 0.3) is 0 Å². The standard InChI is InChI=1S/C21H20N2O3S/c24-20(19-12-6-14-26-19)23-21(27)22-17-10-4-11-18(15-17)25-13-5-9-16-7-2-1-3-8-16/h1-4,6-8,10-12,14-15H,5,9,13H2,(H2,22,23,24,27). The molecule has 0 aliphatic rings. The number of anilines is 1. The number of nitrogens with one attached hydrogen (secondary N) is 2. The highest BCUT2D eigenvalue weighted by Crippen LogP contribution is 2.18. The van der Waals surface area contributed by atoms with Crippen molar-refractivity contribution in [2.45, 2.75) is 12.8 Å². The normalized spacial score (nSPS) is 10.2. The maximum atomic E-state index is 11.9. The average molecular weight is 380 g/mol. The molecule has 3 aromatic rings. The zero-order valence-electron chi connectivity index (χ0n) is 14.7. The molecule has 0 aliphatic carbocycles. The Bertz CT molecular complexity index is 879. The Labute approximate surface area is 163 Å². The van der Waals surface area contributed by atoms with E-state index >= 15 is 0 Å². The zero-order valence-corrected chi connectivity index (χ0v) is 15.5. The van der Waals surface area contributed by atoms with Gasteiger partial charge in [-0.3, -0.25) is 10.1 Å². The zero-order chi connectivity index (χ0) is 18.9. The lowest BCUT2D eigenvalue weighted by Crippen LogP contribution is -2.33. The van der Waals surface area contributed by atoms with E-state index in [1.165, 1.54) is 11.8 Å². The molecule has 27 heavy (non-hydrogen) atoms. The highest BCUT2D eigenvalue weighted by atomic mass is 32.1. The predicted molar refractivity (Wildman–Crippen MR) is 109 cm³/mol. The maximum Gasteiger partial charge on any atom is 0.293 e. The Morgan fingerprint density at radius 2 is 1.89 bits per heavy atom. The number of hydrogen-bond donors (Lipinski definition) is 2. The molecule has 5 nitrogen and oxygen atoms in total. The second kappa shape index (κ2) is 9.54. The van der Waals surface area contributed by atoms with E-state index in [0.29, 0.717) is 6.61 Å². The fourth-order valence-corrected chi connectivity index (χ4v) is 2.72. The highest BCUT2D eigenvalue weighted by molar-refractivity contribution is 7.80. The van der Waals surface area contributed by atoms with Gasteiger partial charge in [-0.25, -0.2) is 0 Å². The van der Waals surface area contributed by atoms with E-state index in [2.05, 4.69) is 22.8 Å². The first kappa shape index (κ1) is 18.7. The molecule has 0 bridgehead atoms. The third kappa shape index (κ3) is 5.97. The van der Waals surface area contributed by atoms with E-state index in [1.54, 1.807) is 12.1 Å². The van der Waals surface area contributed by atoms with Crippen LogP contribution in [-0.2, 0) is 6.42 Å². The fourth-order valence-electron chi connectivity index (χ4n) is 2.51. The Hall–Kier alpha value is -3.12. The number of carbonyl (C=O) groups excluding carboxylic acids is 1. The van der Waals surface area contributed by atoms with Gasteiger partial charge in [0.2, 0.25) is 0 Å². The summed E-state index contributed by atoms with van der Waals surface area (Å²) in [4.78, 5) is 11.9. The monoisotopic (exact) mass is 380 g/mol. The van der Waals surface area contributed by atoms with Crippen molar-refractivity contribution in [3.8, 4) is 5.75 Å². The molecule has 0 atom stereocenters. The quantitative estimate of drug-likeness (QED) is 0.469. The molecule has 0 saturated carbocycles. The minimum absolute atomic E-state index is 0.192. The van der Waals surface area contributed by atoms with Crippen LogP contribution in [0.1, 0.15) is 22.5 Å².